The lowest BCUT2D eigenvalue weighted by Gasteiger charge is -2.14. The van der Waals surface area contributed by atoms with Gasteiger partial charge in [0.2, 0.25) is 17.8 Å². The van der Waals surface area contributed by atoms with E-state index in [4.69, 9.17) is 0 Å². The van der Waals surface area contributed by atoms with E-state index in [1.165, 1.54) is 0 Å². The van der Waals surface area contributed by atoms with Crippen molar-refractivity contribution in [1.82, 2.24) is 15.0 Å². The average molecular weight is 351 g/mol. The summed E-state index contributed by atoms with van der Waals surface area (Å²) >= 11 is 3.50. The molecule has 112 valence electrons. The van der Waals surface area contributed by atoms with E-state index in [0.717, 1.165) is 23.1 Å². The number of para-hydroxylation sites is 1. The van der Waals surface area contributed by atoms with E-state index in [1.54, 1.807) is 0 Å². The van der Waals surface area contributed by atoms with E-state index in [-0.39, 0.29) is 0 Å². The summed E-state index contributed by atoms with van der Waals surface area (Å²) < 4.78 is 0.958. The quantitative estimate of drug-likeness (QED) is 0.833. The molecule has 0 bridgehead atoms. The van der Waals surface area contributed by atoms with Gasteiger partial charge in [-0.3, -0.25) is 0 Å². The van der Waals surface area contributed by atoms with Gasteiger partial charge in [-0.25, -0.2) is 0 Å². The molecular formula is C14H19BrN6. The molecule has 0 aliphatic rings. The van der Waals surface area contributed by atoms with Crippen LogP contribution in [0.1, 0.15) is 13.3 Å². The third-order valence-electron chi connectivity index (χ3n) is 2.68. The second-order valence-electron chi connectivity index (χ2n) is 4.71. The van der Waals surface area contributed by atoms with E-state index < -0.39 is 0 Å². The lowest BCUT2D eigenvalue weighted by atomic mass is 10.3. The molecule has 0 fully saturated rings. The average Bonchev–Trinajstić information content (AvgIpc) is 2.47. The molecule has 7 heteroatoms. The number of benzene rings is 1. The number of hydrogen-bond donors (Lipinski definition) is 2. The Morgan fingerprint density at radius 1 is 1.10 bits per heavy atom. The minimum Gasteiger partial charge on any atom is -0.354 e. The maximum atomic E-state index is 4.41. The SMILES string of the molecule is CCCNc1nc(Nc2ccccc2Br)nc(N(C)C)n1. The van der Waals surface area contributed by atoms with Gasteiger partial charge in [0.15, 0.2) is 0 Å². The molecule has 0 aliphatic heterocycles. The van der Waals surface area contributed by atoms with Crippen molar-refractivity contribution in [2.45, 2.75) is 13.3 Å². The number of rotatable bonds is 6. The van der Waals surface area contributed by atoms with Crippen molar-refractivity contribution >= 4 is 39.5 Å². The lowest BCUT2D eigenvalue weighted by molar-refractivity contribution is 0.919. The van der Waals surface area contributed by atoms with Gasteiger partial charge in [-0.2, -0.15) is 15.0 Å². The number of hydrogen-bond acceptors (Lipinski definition) is 6. The standard InChI is InChI=1S/C14H19BrN6/c1-4-9-16-12-18-13(20-14(19-12)21(2)3)17-11-8-6-5-7-10(11)15/h5-8H,4,9H2,1-3H3,(H2,16,17,18,19,20). The Hall–Kier alpha value is -1.89. The van der Waals surface area contributed by atoms with Gasteiger partial charge in [-0.1, -0.05) is 19.1 Å². The van der Waals surface area contributed by atoms with Crippen molar-refractivity contribution in [3.05, 3.63) is 28.7 Å². The number of aromatic nitrogens is 3. The monoisotopic (exact) mass is 350 g/mol. The normalized spacial score (nSPS) is 10.3. The van der Waals surface area contributed by atoms with Crippen molar-refractivity contribution < 1.29 is 0 Å². The van der Waals surface area contributed by atoms with Crippen LogP contribution in [0.15, 0.2) is 28.7 Å². The Morgan fingerprint density at radius 2 is 1.81 bits per heavy atom. The Kier molecular flexibility index (Phi) is 5.32. The highest BCUT2D eigenvalue weighted by Gasteiger charge is 2.09. The van der Waals surface area contributed by atoms with Crippen molar-refractivity contribution in [3.8, 4) is 0 Å². The summed E-state index contributed by atoms with van der Waals surface area (Å²) in [6.45, 7) is 2.92. The highest BCUT2D eigenvalue weighted by atomic mass is 79.9. The number of halogens is 1. The number of anilines is 4. The fraction of sp³-hybridized carbons (Fsp3) is 0.357. The van der Waals surface area contributed by atoms with E-state index in [2.05, 4.69) is 48.4 Å². The van der Waals surface area contributed by atoms with E-state index in [0.29, 0.717) is 17.8 Å². The molecule has 21 heavy (non-hydrogen) atoms. The van der Waals surface area contributed by atoms with Gasteiger partial charge in [-0.15, -0.1) is 0 Å². The molecule has 0 atom stereocenters. The summed E-state index contributed by atoms with van der Waals surface area (Å²) in [5.74, 6) is 1.70. The van der Waals surface area contributed by atoms with Crippen LogP contribution in [0.5, 0.6) is 0 Å². The molecular weight excluding hydrogens is 332 g/mol. The first-order valence-electron chi connectivity index (χ1n) is 6.79. The molecule has 2 N–H and O–H groups in total. The molecule has 2 rings (SSSR count). The topological polar surface area (TPSA) is 66.0 Å². The molecule has 2 aromatic rings. The maximum Gasteiger partial charge on any atom is 0.233 e. The third kappa shape index (κ3) is 4.29. The summed E-state index contributed by atoms with van der Waals surface area (Å²) in [4.78, 5) is 15.0. The maximum absolute atomic E-state index is 4.41. The molecule has 0 saturated carbocycles. The molecule has 0 saturated heterocycles. The van der Waals surface area contributed by atoms with Gasteiger partial charge in [0.1, 0.15) is 0 Å². The number of nitrogens with zero attached hydrogens (tertiary/aromatic N) is 4. The Morgan fingerprint density at radius 3 is 2.48 bits per heavy atom. The van der Waals surface area contributed by atoms with Gasteiger partial charge in [0.05, 0.1) is 5.69 Å². The molecule has 0 aliphatic carbocycles. The van der Waals surface area contributed by atoms with Crippen LogP contribution >= 0.6 is 15.9 Å². The van der Waals surface area contributed by atoms with Crippen LogP contribution in [0.2, 0.25) is 0 Å². The fourth-order valence-electron chi connectivity index (χ4n) is 1.62. The van der Waals surface area contributed by atoms with Gasteiger partial charge >= 0.3 is 0 Å². The van der Waals surface area contributed by atoms with Crippen LogP contribution in [0.4, 0.5) is 23.5 Å². The molecule has 0 spiro atoms. The van der Waals surface area contributed by atoms with Gasteiger partial charge in [0, 0.05) is 25.1 Å². The predicted octanol–water partition coefficient (Wildman–Crippen LogP) is 3.27. The highest BCUT2D eigenvalue weighted by molar-refractivity contribution is 9.10. The molecule has 0 radical (unpaired) electrons. The molecule has 1 heterocycles. The van der Waals surface area contributed by atoms with Gasteiger partial charge in [-0.05, 0) is 34.5 Å². The number of nitrogens with one attached hydrogen (secondary N) is 2. The van der Waals surface area contributed by atoms with Gasteiger partial charge < -0.3 is 15.5 Å². The van der Waals surface area contributed by atoms with Crippen LogP contribution in [-0.2, 0) is 0 Å². The lowest BCUT2D eigenvalue weighted by Crippen LogP contribution is -2.16. The highest BCUT2D eigenvalue weighted by Crippen LogP contribution is 2.24. The molecule has 6 nitrogen and oxygen atoms in total. The zero-order valence-corrected chi connectivity index (χ0v) is 14.0. The van der Waals surface area contributed by atoms with Crippen LogP contribution in [-0.4, -0.2) is 35.6 Å². The zero-order valence-electron chi connectivity index (χ0n) is 12.4. The second-order valence-corrected chi connectivity index (χ2v) is 5.56. The molecule has 1 aromatic heterocycles. The van der Waals surface area contributed by atoms with Crippen molar-refractivity contribution in [2.24, 2.45) is 0 Å². The summed E-state index contributed by atoms with van der Waals surface area (Å²) in [5.41, 5.74) is 0.912. The Balaban J connectivity index is 2.29. The molecule has 1 aromatic carbocycles. The van der Waals surface area contributed by atoms with Crippen LogP contribution in [0, 0.1) is 0 Å². The smallest absolute Gasteiger partial charge is 0.233 e. The molecule has 0 unspecified atom stereocenters. The first-order valence-corrected chi connectivity index (χ1v) is 7.58. The van der Waals surface area contributed by atoms with E-state index >= 15 is 0 Å². The van der Waals surface area contributed by atoms with Crippen LogP contribution in [0.25, 0.3) is 0 Å². The first-order chi connectivity index (χ1) is 10.1. The Bertz CT molecular complexity index is 602. The minimum atomic E-state index is 0.513. The van der Waals surface area contributed by atoms with Gasteiger partial charge in [0.25, 0.3) is 0 Å². The Labute approximate surface area is 133 Å². The summed E-state index contributed by atoms with van der Waals surface area (Å²) in [7, 11) is 3.81. The zero-order chi connectivity index (χ0) is 15.2. The summed E-state index contributed by atoms with van der Waals surface area (Å²) in [6, 6.07) is 7.84. The van der Waals surface area contributed by atoms with Crippen molar-refractivity contribution in [1.29, 1.82) is 0 Å². The van der Waals surface area contributed by atoms with Crippen molar-refractivity contribution in [3.63, 3.8) is 0 Å². The molecule has 0 amide bonds. The second kappa shape index (κ2) is 7.21. The first kappa shape index (κ1) is 15.5. The van der Waals surface area contributed by atoms with E-state index in [1.807, 2.05) is 43.3 Å². The minimum absolute atomic E-state index is 0.513. The third-order valence-corrected chi connectivity index (χ3v) is 3.37. The van der Waals surface area contributed by atoms with Crippen LogP contribution in [0.3, 0.4) is 0 Å². The fourth-order valence-corrected chi connectivity index (χ4v) is 2.00. The summed E-state index contributed by atoms with van der Waals surface area (Å²) in [6.07, 6.45) is 1.01. The van der Waals surface area contributed by atoms with Crippen molar-refractivity contribution in [2.75, 3.05) is 36.2 Å². The van der Waals surface area contributed by atoms with Crippen LogP contribution < -0.4 is 15.5 Å². The summed E-state index contributed by atoms with van der Waals surface area (Å²) in [5, 5.41) is 6.40. The van der Waals surface area contributed by atoms with E-state index in [9.17, 15) is 0 Å². The predicted molar refractivity (Wildman–Crippen MR) is 90.4 cm³/mol. The largest absolute Gasteiger partial charge is 0.354 e.